The van der Waals surface area contributed by atoms with Gasteiger partial charge < -0.3 is 15.2 Å². The first kappa shape index (κ1) is 38.5. The van der Waals surface area contributed by atoms with Gasteiger partial charge in [0.25, 0.3) is 0 Å². The molecule has 0 aliphatic carbocycles. The molecule has 0 fully saturated rings. The molecule has 0 bridgehead atoms. The number of aryl methyl sites for hydroxylation is 5. The number of rotatable bonds is 4. The molecule has 0 radical (unpaired) electrons. The molecule has 4 nitrogen and oxygen atoms in total. The Morgan fingerprint density at radius 1 is 0.831 bits per heavy atom. The molecule has 4 heterocycles. The summed E-state index contributed by atoms with van der Waals surface area (Å²) in [5.74, 6) is -0.381. The van der Waals surface area contributed by atoms with E-state index in [1.165, 1.54) is 72.0 Å². The van der Waals surface area contributed by atoms with Crippen molar-refractivity contribution < 1.29 is 28.6 Å². The Balaban J connectivity index is 0.000000223. The SMILES string of the molecule is Cc1cc(C)c(N2c3c(ccc4ccccc34)[N-]C2c2[c-]cc(C)c3c2sc2nc(C(C)(C)C)ccc23)c(C)c1.[2H]C([2H])([2H])c1cc(-c2[c-]cc(F)cc2)ncc1[Si](C)(C)C.[Ir+3]. The molecule has 5 aromatic carbocycles. The second-order valence-corrected chi connectivity index (χ2v) is 23.6. The van der Waals surface area contributed by atoms with E-state index in [1.54, 1.807) is 29.7 Å². The molecular formula is C51H50FIrN4SSi. The van der Waals surface area contributed by atoms with Gasteiger partial charge in [0.1, 0.15) is 4.83 Å². The van der Waals surface area contributed by atoms with Gasteiger partial charge in [0.05, 0.1) is 8.07 Å². The fourth-order valence-electron chi connectivity index (χ4n) is 8.15. The van der Waals surface area contributed by atoms with Gasteiger partial charge in [-0.05, 0) is 72.6 Å². The second kappa shape index (κ2) is 16.0. The van der Waals surface area contributed by atoms with Crippen molar-refractivity contribution in [2.24, 2.45) is 0 Å². The standard InChI is InChI=1S/C36H33N3S.C15H17FNSi.Ir/c1-20-18-22(3)31(23(4)19-20)39-32-25-11-9-8-10-24(25)13-16-28(32)37-34(39)27-14-12-21(2)30-26-15-17-29(36(5,6)7)38-35(26)40-33(27)30;1-11-9-14(12-5-7-13(16)8-6-12)17-10-15(11)18(2,3)4;/h8-13,15-19,34H,1-7H3;5,7-10H,1-4H3;/q-2;-1;+3/i;1D3;. The second-order valence-electron chi connectivity index (χ2n) is 17.6. The number of thiophene rings is 1. The summed E-state index contributed by atoms with van der Waals surface area (Å²) in [6.45, 7) is 19.6. The molecule has 59 heavy (non-hydrogen) atoms. The average Bonchev–Trinajstić information content (AvgIpc) is 3.77. The first-order chi connectivity index (χ1) is 28.7. The summed E-state index contributed by atoms with van der Waals surface area (Å²) in [5.41, 5.74) is 12.1. The molecule has 0 spiro atoms. The predicted molar refractivity (Wildman–Crippen MR) is 248 cm³/mol. The van der Waals surface area contributed by atoms with Gasteiger partial charge in [-0.1, -0.05) is 124 Å². The van der Waals surface area contributed by atoms with E-state index in [1.807, 2.05) is 0 Å². The Bertz CT molecular complexity index is 2960. The summed E-state index contributed by atoms with van der Waals surface area (Å²) >= 11 is 1.78. The van der Waals surface area contributed by atoms with Gasteiger partial charge in [-0.15, -0.1) is 52.0 Å². The molecule has 0 saturated heterocycles. The van der Waals surface area contributed by atoms with Crippen LogP contribution in [-0.4, -0.2) is 18.0 Å². The van der Waals surface area contributed by atoms with Crippen LogP contribution in [0.15, 0.2) is 97.2 Å². The zero-order chi connectivity index (χ0) is 43.8. The summed E-state index contributed by atoms with van der Waals surface area (Å²) in [5, 5.41) is 11.2. The Morgan fingerprint density at radius 3 is 2.25 bits per heavy atom. The molecule has 1 unspecified atom stereocenters. The van der Waals surface area contributed by atoms with Gasteiger partial charge in [0.2, 0.25) is 0 Å². The van der Waals surface area contributed by atoms with Crippen LogP contribution in [0.25, 0.3) is 47.6 Å². The number of fused-ring (bicyclic) bond motifs is 6. The smallest absolute Gasteiger partial charge is 0.661 e. The fourth-order valence-corrected chi connectivity index (χ4v) is 10.7. The molecule has 0 N–H and O–H groups in total. The minimum absolute atomic E-state index is 0. The third-order valence-electron chi connectivity index (χ3n) is 10.9. The minimum atomic E-state index is -2.19. The van der Waals surface area contributed by atoms with Crippen molar-refractivity contribution in [3.05, 3.63) is 160 Å². The molecule has 8 aromatic rings. The quantitative estimate of drug-likeness (QED) is 0.130. The van der Waals surface area contributed by atoms with Gasteiger partial charge >= 0.3 is 20.1 Å². The van der Waals surface area contributed by atoms with Crippen molar-refractivity contribution in [1.29, 1.82) is 0 Å². The van der Waals surface area contributed by atoms with Gasteiger partial charge in [0, 0.05) is 44.0 Å². The van der Waals surface area contributed by atoms with Crippen LogP contribution < -0.4 is 10.1 Å². The molecular weight excluding hydrogens is 940 g/mol. The number of hydrogen-bond donors (Lipinski definition) is 0. The van der Waals surface area contributed by atoms with E-state index >= 15 is 0 Å². The Hall–Kier alpha value is -4.72. The van der Waals surface area contributed by atoms with E-state index in [0.29, 0.717) is 16.8 Å². The van der Waals surface area contributed by atoms with Crippen LogP contribution in [0.2, 0.25) is 19.6 Å². The number of nitrogens with zero attached hydrogens (tertiary/aromatic N) is 4. The van der Waals surface area contributed by atoms with E-state index in [4.69, 9.17) is 14.4 Å². The summed E-state index contributed by atoms with van der Waals surface area (Å²) in [4.78, 5) is 13.1. The van der Waals surface area contributed by atoms with Crippen LogP contribution in [0.5, 0.6) is 0 Å². The van der Waals surface area contributed by atoms with Crippen LogP contribution in [0.3, 0.4) is 0 Å². The monoisotopic (exact) mass is 993 g/mol. The molecule has 1 aliphatic heterocycles. The topological polar surface area (TPSA) is 43.1 Å². The molecule has 8 heteroatoms. The van der Waals surface area contributed by atoms with Crippen LogP contribution in [0.1, 0.15) is 70.1 Å². The van der Waals surface area contributed by atoms with Crippen LogP contribution in [-0.2, 0) is 25.5 Å². The first-order valence-electron chi connectivity index (χ1n) is 21.2. The van der Waals surface area contributed by atoms with Crippen molar-refractivity contribution in [2.45, 2.75) is 86.5 Å². The zero-order valence-electron chi connectivity index (χ0n) is 38.2. The van der Waals surface area contributed by atoms with Crippen LogP contribution in [0.4, 0.5) is 21.5 Å². The van der Waals surface area contributed by atoms with Gasteiger partial charge in [-0.25, -0.2) is 4.98 Å². The van der Waals surface area contributed by atoms with E-state index in [2.05, 4.69) is 157 Å². The van der Waals surface area contributed by atoms with E-state index in [0.717, 1.165) is 27.0 Å². The van der Waals surface area contributed by atoms with Gasteiger partial charge in [0.15, 0.2) is 0 Å². The third-order valence-corrected chi connectivity index (χ3v) is 14.1. The Labute approximate surface area is 371 Å². The Morgan fingerprint density at radius 2 is 1.58 bits per heavy atom. The van der Waals surface area contributed by atoms with Gasteiger partial charge in [-0.2, -0.15) is 23.5 Å². The predicted octanol–water partition coefficient (Wildman–Crippen LogP) is 14.3. The molecule has 9 rings (SSSR count). The molecule has 3 aromatic heterocycles. The fraction of sp³-hybridized carbons (Fsp3) is 0.255. The number of halogens is 1. The molecule has 1 aliphatic rings. The number of benzene rings is 5. The van der Waals surface area contributed by atoms with E-state index in [9.17, 15) is 4.39 Å². The number of anilines is 2. The van der Waals surface area contributed by atoms with Crippen molar-refractivity contribution in [2.75, 3.05) is 4.90 Å². The maximum atomic E-state index is 13.0. The normalized spacial score (nSPS) is 14.9. The minimum Gasteiger partial charge on any atom is -0.661 e. The Kier molecular flexibility index (Phi) is 10.5. The van der Waals surface area contributed by atoms with Crippen molar-refractivity contribution in [3.8, 4) is 11.3 Å². The summed E-state index contributed by atoms with van der Waals surface area (Å²) in [6.07, 6.45) is 1.43. The van der Waals surface area contributed by atoms with E-state index in [-0.39, 0.29) is 37.5 Å². The van der Waals surface area contributed by atoms with E-state index < -0.39 is 14.9 Å². The number of hydrogen-bond acceptors (Lipinski definition) is 4. The van der Waals surface area contributed by atoms with Crippen molar-refractivity contribution in [1.82, 2.24) is 9.97 Å². The van der Waals surface area contributed by atoms with Crippen molar-refractivity contribution >= 4 is 72.7 Å². The van der Waals surface area contributed by atoms with Gasteiger partial charge in [-0.3, -0.25) is 4.39 Å². The summed E-state index contributed by atoms with van der Waals surface area (Å²) in [6, 6.07) is 36.4. The van der Waals surface area contributed by atoms with Crippen molar-refractivity contribution in [3.63, 3.8) is 0 Å². The summed E-state index contributed by atoms with van der Waals surface area (Å²) < 4.78 is 37.4. The maximum absolute atomic E-state index is 13.0. The largest absolute Gasteiger partial charge is 3.00 e. The van der Waals surface area contributed by atoms with Crippen LogP contribution in [0, 0.1) is 52.5 Å². The number of pyridine rings is 2. The molecule has 0 saturated carbocycles. The maximum Gasteiger partial charge on any atom is 3.00 e. The zero-order valence-corrected chi connectivity index (χ0v) is 39.4. The molecule has 0 amide bonds. The van der Waals surface area contributed by atoms with Crippen LogP contribution >= 0.6 is 11.3 Å². The molecule has 1 atom stereocenters. The average molecular weight is 993 g/mol. The first-order valence-corrected chi connectivity index (χ1v) is 24.1. The molecule has 300 valence electrons. The summed E-state index contributed by atoms with van der Waals surface area (Å²) in [7, 11) is -1.81. The number of aromatic nitrogens is 2. The third kappa shape index (κ3) is 8.01.